The van der Waals surface area contributed by atoms with Crippen LogP contribution in [0.4, 0.5) is 8.78 Å². The fraction of sp³-hybridized carbons (Fsp3) is 0.619. The van der Waals surface area contributed by atoms with Crippen molar-refractivity contribution in [2.45, 2.75) is 65.2 Å². The molecule has 134 valence electrons. The molecule has 0 bridgehead atoms. The van der Waals surface area contributed by atoms with Crippen LogP contribution < -0.4 is 4.74 Å². The van der Waals surface area contributed by atoms with Gasteiger partial charge in [0.05, 0.1) is 6.61 Å². The quantitative estimate of drug-likeness (QED) is 0.391. The van der Waals surface area contributed by atoms with E-state index in [1.165, 1.54) is 25.7 Å². The van der Waals surface area contributed by atoms with Crippen LogP contribution in [0.3, 0.4) is 0 Å². The Morgan fingerprint density at radius 1 is 1.12 bits per heavy atom. The van der Waals surface area contributed by atoms with Gasteiger partial charge in [0.25, 0.3) is 0 Å². The normalized spacial score (nSPS) is 21.3. The van der Waals surface area contributed by atoms with Crippen LogP contribution >= 0.6 is 0 Å². The zero-order valence-electron chi connectivity index (χ0n) is 15.0. The molecule has 2 rings (SSSR count). The molecule has 1 aliphatic carbocycles. The largest absolute Gasteiger partial charge is 0.490 e. The number of benzene rings is 1. The zero-order chi connectivity index (χ0) is 17.4. The number of halogens is 2. The van der Waals surface area contributed by atoms with Crippen LogP contribution in [0.2, 0.25) is 0 Å². The molecule has 0 aromatic heterocycles. The molecule has 1 aromatic rings. The lowest BCUT2D eigenvalue weighted by atomic mass is 9.83. The molecule has 0 spiro atoms. The Hall–Kier alpha value is -1.38. The topological polar surface area (TPSA) is 9.23 Å². The maximum atomic E-state index is 14.1. The third-order valence-corrected chi connectivity index (χ3v) is 4.93. The van der Waals surface area contributed by atoms with Crippen molar-refractivity contribution in [3.63, 3.8) is 0 Å². The van der Waals surface area contributed by atoms with Gasteiger partial charge in [-0.25, -0.2) is 4.39 Å². The van der Waals surface area contributed by atoms with Crippen molar-refractivity contribution in [2.24, 2.45) is 11.8 Å². The van der Waals surface area contributed by atoms with Gasteiger partial charge < -0.3 is 4.74 Å². The van der Waals surface area contributed by atoms with Gasteiger partial charge >= 0.3 is 0 Å². The van der Waals surface area contributed by atoms with Crippen LogP contribution in [0.5, 0.6) is 5.75 Å². The highest BCUT2D eigenvalue weighted by atomic mass is 19.2. The molecule has 0 atom stereocenters. The number of hydrogen-bond donors (Lipinski definition) is 0. The molecule has 0 radical (unpaired) electrons. The Morgan fingerprint density at radius 3 is 2.58 bits per heavy atom. The van der Waals surface area contributed by atoms with E-state index in [9.17, 15) is 8.78 Å². The van der Waals surface area contributed by atoms with E-state index in [0.717, 1.165) is 25.2 Å². The minimum Gasteiger partial charge on any atom is -0.490 e. The van der Waals surface area contributed by atoms with Crippen LogP contribution in [0, 0.1) is 23.5 Å². The molecule has 1 nitrogen and oxygen atoms in total. The molecule has 0 saturated heterocycles. The van der Waals surface area contributed by atoms with Crippen molar-refractivity contribution in [1.29, 1.82) is 0 Å². The lowest BCUT2D eigenvalue weighted by Crippen LogP contribution is -2.10. The predicted octanol–water partition coefficient (Wildman–Crippen LogP) is 6.46. The SMILES string of the molecule is CCCCOc1ccc(CC/C=C/C2CCC(C)CC2)c(F)c1F. The summed E-state index contributed by atoms with van der Waals surface area (Å²) in [4.78, 5) is 0. The van der Waals surface area contributed by atoms with Gasteiger partial charge in [-0.2, -0.15) is 4.39 Å². The van der Waals surface area contributed by atoms with Crippen LogP contribution in [-0.4, -0.2) is 6.61 Å². The van der Waals surface area contributed by atoms with Crippen LogP contribution in [0.1, 0.15) is 64.4 Å². The summed E-state index contributed by atoms with van der Waals surface area (Å²) in [5, 5.41) is 0. The first kappa shape index (κ1) is 19.0. The van der Waals surface area contributed by atoms with Gasteiger partial charge in [0.15, 0.2) is 11.6 Å². The fourth-order valence-electron chi connectivity index (χ4n) is 3.21. The third kappa shape index (κ3) is 5.61. The highest BCUT2D eigenvalue weighted by Gasteiger charge is 2.16. The predicted molar refractivity (Wildman–Crippen MR) is 95.3 cm³/mol. The van der Waals surface area contributed by atoms with Gasteiger partial charge in [0, 0.05) is 0 Å². The lowest BCUT2D eigenvalue weighted by Gasteiger charge is -2.23. The van der Waals surface area contributed by atoms with Crippen molar-refractivity contribution >= 4 is 0 Å². The standard InChI is InChI=1S/C21H30F2O/c1-3-4-15-24-19-14-13-18(20(22)21(19)23)8-6-5-7-17-11-9-16(2)10-12-17/h5,7,13-14,16-17H,3-4,6,8-12,15H2,1-2H3/b7-5+. The molecule has 0 unspecified atom stereocenters. The van der Waals surface area contributed by atoms with Crippen molar-refractivity contribution in [1.82, 2.24) is 0 Å². The molecule has 1 fully saturated rings. The van der Waals surface area contributed by atoms with Crippen molar-refractivity contribution < 1.29 is 13.5 Å². The molecule has 24 heavy (non-hydrogen) atoms. The first-order chi connectivity index (χ1) is 11.6. The van der Waals surface area contributed by atoms with E-state index >= 15 is 0 Å². The Morgan fingerprint density at radius 2 is 1.88 bits per heavy atom. The zero-order valence-corrected chi connectivity index (χ0v) is 15.0. The fourth-order valence-corrected chi connectivity index (χ4v) is 3.21. The maximum absolute atomic E-state index is 14.1. The lowest BCUT2D eigenvalue weighted by molar-refractivity contribution is 0.288. The monoisotopic (exact) mass is 336 g/mol. The molecule has 0 amide bonds. The van der Waals surface area contributed by atoms with Gasteiger partial charge in [-0.1, -0.05) is 51.3 Å². The van der Waals surface area contributed by atoms with E-state index in [2.05, 4.69) is 19.1 Å². The molecule has 0 heterocycles. The van der Waals surface area contributed by atoms with Gasteiger partial charge in [-0.3, -0.25) is 0 Å². The molecule has 0 aliphatic heterocycles. The van der Waals surface area contributed by atoms with Crippen molar-refractivity contribution in [3.8, 4) is 5.75 Å². The number of rotatable bonds is 8. The Labute approximate surface area is 145 Å². The third-order valence-electron chi connectivity index (χ3n) is 4.93. The van der Waals surface area contributed by atoms with E-state index in [1.54, 1.807) is 12.1 Å². The molecule has 0 N–H and O–H groups in total. The van der Waals surface area contributed by atoms with Crippen molar-refractivity contribution in [2.75, 3.05) is 6.61 Å². The minimum atomic E-state index is -0.853. The first-order valence-electron chi connectivity index (χ1n) is 9.38. The first-order valence-corrected chi connectivity index (χ1v) is 9.38. The van der Waals surface area contributed by atoms with Crippen LogP contribution in [0.15, 0.2) is 24.3 Å². The summed E-state index contributed by atoms with van der Waals surface area (Å²) < 4.78 is 33.4. The van der Waals surface area contributed by atoms with Gasteiger partial charge in [-0.05, 0) is 55.6 Å². The van der Waals surface area contributed by atoms with E-state index in [4.69, 9.17) is 4.74 Å². The maximum Gasteiger partial charge on any atom is 0.200 e. The van der Waals surface area contributed by atoms with E-state index < -0.39 is 11.6 Å². The van der Waals surface area contributed by atoms with Gasteiger partial charge in [0.1, 0.15) is 0 Å². The average molecular weight is 336 g/mol. The van der Waals surface area contributed by atoms with Crippen LogP contribution in [-0.2, 0) is 6.42 Å². The van der Waals surface area contributed by atoms with E-state index in [-0.39, 0.29) is 5.75 Å². The Kier molecular flexibility index (Phi) is 7.74. The van der Waals surface area contributed by atoms with E-state index in [0.29, 0.717) is 24.5 Å². The average Bonchev–Trinajstić information content (AvgIpc) is 2.59. The second-order valence-corrected chi connectivity index (χ2v) is 7.04. The van der Waals surface area contributed by atoms with Crippen molar-refractivity contribution in [3.05, 3.63) is 41.5 Å². The number of allylic oxidation sites excluding steroid dienone is 2. The Balaban J connectivity index is 1.83. The summed E-state index contributed by atoms with van der Waals surface area (Å²) in [7, 11) is 0. The molecule has 1 saturated carbocycles. The molecule has 1 aliphatic rings. The number of unbranched alkanes of at least 4 members (excludes halogenated alkanes) is 1. The summed E-state index contributed by atoms with van der Waals surface area (Å²) in [5.41, 5.74) is 0.428. The highest BCUT2D eigenvalue weighted by molar-refractivity contribution is 5.31. The molecule has 1 aromatic carbocycles. The minimum absolute atomic E-state index is 0.0246. The Bertz CT molecular complexity index is 531. The second-order valence-electron chi connectivity index (χ2n) is 7.04. The number of hydrogen-bond acceptors (Lipinski definition) is 1. The molecular weight excluding hydrogens is 306 g/mol. The second kappa shape index (κ2) is 9.80. The highest BCUT2D eigenvalue weighted by Crippen LogP contribution is 2.29. The van der Waals surface area contributed by atoms with Crippen LogP contribution in [0.25, 0.3) is 0 Å². The van der Waals surface area contributed by atoms with E-state index in [1.807, 2.05) is 6.92 Å². The number of aryl methyl sites for hydroxylation is 1. The van der Waals surface area contributed by atoms with Gasteiger partial charge in [0.2, 0.25) is 5.82 Å². The summed E-state index contributed by atoms with van der Waals surface area (Å²) in [6.45, 7) is 4.77. The number of ether oxygens (including phenoxy) is 1. The molecule has 3 heteroatoms. The summed E-state index contributed by atoms with van der Waals surface area (Å²) in [5.74, 6) is -0.0730. The summed E-state index contributed by atoms with van der Waals surface area (Å²) >= 11 is 0. The summed E-state index contributed by atoms with van der Waals surface area (Å²) in [6, 6.07) is 3.20. The molecular formula is C21H30F2O. The smallest absolute Gasteiger partial charge is 0.200 e. The van der Waals surface area contributed by atoms with Gasteiger partial charge in [-0.15, -0.1) is 0 Å². The summed E-state index contributed by atoms with van der Waals surface area (Å²) in [6.07, 6.45) is 12.6.